The summed E-state index contributed by atoms with van der Waals surface area (Å²) in [7, 11) is 1.67. The fourth-order valence-corrected chi connectivity index (χ4v) is 0.855. The van der Waals surface area contributed by atoms with Gasteiger partial charge in [-0.25, -0.2) is 0 Å². The van der Waals surface area contributed by atoms with Crippen molar-refractivity contribution in [3.63, 3.8) is 0 Å². The smallest absolute Gasteiger partial charge is 0.0242 e. The Morgan fingerprint density at radius 3 is 2.62 bits per heavy atom. The molecule has 3 heteroatoms. The van der Waals surface area contributed by atoms with E-state index in [2.05, 4.69) is 6.26 Å². The average Bonchev–Trinajstić information content (AvgIpc) is 1.66. The number of hydrogen-bond acceptors (Lipinski definition) is 3. The Hall–Kier alpha value is 0.270. The highest BCUT2D eigenvalue weighted by Crippen LogP contribution is 1.94. The monoisotopic (exact) mass is 135 g/mol. The Morgan fingerprint density at radius 2 is 2.25 bits per heavy atom. The maximum absolute atomic E-state index is 8.60. The molecule has 0 aromatic carbocycles. The summed E-state index contributed by atoms with van der Waals surface area (Å²) >= 11 is 1.81. The minimum absolute atomic E-state index is 0.779. The summed E-state index contributed by atoms with van der Waals surface area (Å²) in [5.74, 6) is 1.13. The van der Waals surface area contributed by atoms with Crippen molar-refractivity contribution in [1.29, 1.82) is 0 Å². The van der Waals surface area contributed by atoms with E-state index in [4.69, 9.17) is 5.21 Å². The molecule has 0 atom stereocenters. The second kappa shape index (κ2) is 5.41. The molecule has 0 fully saturated rings. The van der Waals surface area contributed by atoms with Crippen molar-refractivity contribution in [2.75, 3.05) is 25.6 Å². The fraction of sp³-hybridized carbons (Fsp3) is 1.00. The molecular weight excluding hydrogens is 122 g/mol. The minimum atomic E-state index is 0.779. The van der Waals surface area contributed by atoms with Crippen molar-refractivity contribution >= 4 is 11.8 Å². The van der Waals surface area contributed by atoms with Crippen LogP contribution in [0.5, 0.6) is 0 Å². The van der Waals surface area contributed by atoms with E-state index in [0.29, 0.717) is 0 Å². The molecule has 1 N–H and O–H groups in total. The van der Waals surface area contributed by atoms with Gasteiger partial charge < -0.3 is 5.21 Å². The van der Waals surface area contributed by atoms with Crippen LogP contribution in [0.25, 0.3) is 0 Å². The third kappa shape index (κ3) is 6.27. The number of thioether (sulfide) groups is 1. The zero-order valence-electron chi connectivity index (χ0n) is 5.42. The number of hydroxylamine groups is 2. The molecule has 8 heavy (non-hydrogen) atoms. The van der Waals surface area contributed by atoms with E-state index in [0.717, 1.165) is 18.7 Å². The first-order chi connectivity index (χ1) is 3.77. The topological polar surface area (TPSA) is 23.5 Å². The molecule has 0 aliphatic carbocycles. The summed E-state index contributed by atoms with van der Waals surface area (Å²) in [6, 6.07) is 0. The zero-order valence-corrected chi connectivity index (χ0v) is 6.24. The Morgan fingerprint density at radius 1 is 1.62 bits per heavy atom. The molecule has 0 saturated heterocycles. The van der Waals surface area contributed by atoms with E-state index in [-0.39, 0.29) is 0 Å². The van der Waals surface area contributed by atoms with Crippen LogP contribution in [0.4, 0.5) is 0 Å². The number of rotatable bonds is 4. The molecule has 0 rings (SSSR count). The van der Waals surface area contributed by atoms with Crippen molar-refractivity contribution in [3.8, 4) is 0 Å². The van der Waals surface area contributed by atoms with E-state index in [9.17, 15) is 0 Å². The summed E-state index contributed by atoms with van der Waals surface area (Å²) in [6.45, 7) is 0.779. The average molecular weight is 135 g/mol. The van der Waals surface area contributed by atoms with Crippen LogP contribution in [-0.2, 0) is 0 Å². The van der Waals surface area contributed by atoms with Gasteiger partial charge in [0.2, 0.25) is 0 Å². The molecule has 0 heterocycles. The SMILES string of the molecule is CSCCCN(C)O. The molecule has 50 valence electrons. The second-order valence-corrected chi connectivity index (χ2v) is 2.71. The Kier molecular flexibility index (Phi) is 5.59. The van der Waals surface area contributed by atoms with Crippen LogP contribution in [0, 0.1) is 0 Å². The molecule has 0 aliphatic heterocycles. The summed E-state index contributed by atoms with van der Waals surface area (Å²) in [6.07, 6.45) is 3.13. The zero-order chi connectivity index (χ0) is 6.41. The lowest BCUT2D eigenvalue weighted by Crippen LogP contribution is -2.14. The van der Waals surface area contributed by atoms with Crippen molar-refractivity contribution in [2.45, 2.75) is 6.42 Å². The second-order valence-electron chi connectivity index (χ2n) is 1.73. The normalized spacial score (nSPS) is 10.5. The lowest BCUT2D eigenvalue weighted by atomic mass is 10.5. The van der Waals surface area contributed by atoms with Crippen molar-refractivity contribution in [3.05, 3.63) is 0 Å². The van der Waals surface area contributed by atoms with Gasteiger partial charge in [0, 0.05) is 13.6 Å². The largest absolute Gasteiger partial charge is 0.314 e. The maximum atomic E-state index is 8.60. The van der Waals surface area contributed by atoms with Crippen LogP contribution in [0.1, 0.15) is 6.42 Å². The van der Waals surface area contributed by atoms with Gasteiger partial charge in [0.25, 0.3) is 0 Å². The predicted octanol–water partition coefficient (Wildman–Crippen LogP) is 1.06. The van der Waals surface area contributed by atoms with Gasteiger partial charge in [0.05, 0.1) is 0 Å². The van der Waals surface area contributed by atoms with Gasteiger partial charge in [-0.05, 0) is 18.4 Å². The third-order valence-electron chi connectivity index (χ3n) is 0.830. The first kappa shape index (κ1) is 8.27. The van der Waals surface area contributed by atoms with Gasteiger partial charge in [0.1, 0.15) is 0 Å². The van der Waals surface area contributed by atoms with Crippen molar-refractivity contribution < 1.29 is 5.21 Å². The molecule has 0 spiro atoms. The van der Waals surface area contributed by atoms with Gasteiger partial charge >= 0.3 is 0 Å². The summed E-state index contributed by atoms with van der Waals surface area (Å²) < 4.78 is 0. The highest BCUT2D eigenvalue weighted by atomic mass is 32.2. The molecule has 0 radical (unpaired) electrons. The molecule has 2 nitrogen and oxygen atoms in total. The van der Waals surface area contributed by atoms with Gasteiger partial charge in [-0.15, -0.1) is 0 Å². The van der Waals surface area contributed by atoms with Crippen LogP contribution in [-0.4, -0.2) is 35.9 Å². The number of nitrogens with zero attached hydrogens (tertiary/aromatic N) is 1. The van der Waals surface area contributed by atoms with E-state index < -0.39 is 0 Å². The minimum Gasteiger partial charge on any atom is -0.314 e. The van der Waals surface area contributed by atoms with Crippen LogP contribution in [0.15, 0.2) is 0 Å². The summed E-state index contributed by atoms with van der Waals surface area (Å²) in [5.41, 5.74) is 0. The first-order valence-corrected chi connectivity index (χ1v) is 4.05. The summed E-state index contributed by atoms with van der Waals surface area (Å²) in [5, 5.41) is 9.82. The van der Waals surface area contributed by atoms with E-state index in [1.165, 1.54) is 5.06 Å². The molecule has 0 unspecified atom stereocenters. The molecule has 0 bridgehead atoms. The number of hydrogen-bond donors (Lipinski definition) is 1. The van der Waals surface area contributed by atoms with Crippen LogP contribution < -0.4 is 0 Å². The molecule has 0 aliphatic rings. The molecule has 0 aromatic heterocycles. The standard InChI is InChI=1S/C5H13NOS/c1-6(7)4-3-5-8-2/h7H,3-5H2,1-2H3. The first-order valence-electron chi connectivity index (χ1n) is 2.66. The van der Waals surface area contributed by atoms with E-state index in [1.54, 1.807) is 18.8 Å². The van der Waals surface area contributed by atoms with Gasteiger partial charge in [-0.3, -0.25) is 0 Å². The van der Waals surface area contributed by atoms with E-state index in [1.807, 2.05) is 0 Å². The Labute approximate surface area is 54.8 Å². The van der Waals surface area contributed by atoms with Crippen LogP contribution in [0.3, 0.4) is 0 Å². The van der Waals surface area contributed by atoms with Crippen molar-refractivity contribution in [1.82, 2.24) is 5.06 Å². The molecular formula is C5H13NOS. The lowest BCUT2D eigenvalue weighted by Gasteiger charge is -2.04. The molecule has 0 amide bonds. The third-order valence-corrected chi connectivity index (χ3v) is 1.53. The Balaban J connectivity index is 2.72. The van der Waals surface area contributed by atoms with Gasteiger partial charge in [0.15, 0.2) is 0 Å². The van der Waals surface area contributed by atoms with Crippen molar-refractivity contribution in [2.24, 2.45) is 0 Å². The van der Waals surface area contributed by atoms with Crippen LogP contribution in [0.2, 0.25) is 0 Å². The highest BCUT2D eigenvalue weighted by Gasteiger charge is 1.88. The predicted molar refractivity (Wildman–Crippen MR) is 37.4 cm³/mol. The summed E-state index contributed by atoms with van der Waals surface area (Å²) in [4.78, 5) is 0. The van der Waals surface area contributed by atoms with Gasteiger partial charge in [-0.2, -0.15) is 16.8 Å². The lowest BCUT2D eigenvalue weighted by molar-refractivity contribution is -0.0640. The molecule has 0 saturated carbocycles. The van der Waals surface area contributed by atoms with Crippen LogP contribution >= 0.6 is 11.8 Å². The maximum Gasteiger partial charge on any atom is 0.0242 e. The quantitative estimate of drug-likeness (QED) is 0.460. The highest BCUT2D eigenvalue weighted by molar-refractivity contribution is 7.98. The Bertz CT molecular complexity index is 49.7. The van der Waals surface area contributed by atoms with Gasteiger partial charge in [-0.1, -0.05) is 0 Å². The molecule has 0 aromatic rings. The van der Waals surface area contributed by atoms with E-state index >= 15 is 0 Å². The fourth-order valence-electron chi connectivity index (χ4n) is 0.438.